The molecule has 11 aromatic rings. The van der Waals surface area contributed by atoms with Gasteiger partial charge >= 0.3 is 0 Å². The first-order valence-corrected chi connectivity index (χ1v) is 19.4. The Morgan fingerprint density at radius 1 is 0.407 bits per heavy atom. The zero-order chi connectivity index (χ0) is 39.5. The van der Waals surface area contributed by atoms with Gasteiger partial charge in [0.1, 0.15) is 0 Å². The van der Waals surface area contributed by atoms with Crippen LogP contribution in [-0.2, 0) is 0 Å². The fraction of sp³-hybridized carbons (Fsp3) is 0. The van der Waals surface area contributed by atoms with Crippen molar-refractivity contribution in [1.29, 1.82) is 0 Å². The maximum absolute atomic E-state index is 11.8. The lowest BCUT2D eigenvalue weighted by Gasteiger charge is -2.16. The minimum atomic E-state index is -0.369. The molecule has 8 nitrogen and oxygen atoms in total. The Labute approximate surface area is 338 Å². The van der Waals surface area contributed by atoms with Crippen LogP contribution in [0.1, 0.15) is 0 Å². The molecule has 0 amide bonds. The summed E-state index contributed by atoms with van der Waals surface area (Å²) in [6, 6.07) is 64.9. The second-order valence-corrected chi connectivity index (χ2v) is 14.5. The van der Waals surface area contributed by atoms with Gasteiger partial charge in [-0.1, -0.05) is 115 Å². The highest BCUT2D eigenvalue weighted by Gasteiger charge is 2.23. The number of non-ortho nitro benzene ring substituents is 1. The van der Waals surface area contributed by atoms with Gasteiger partial charge in [-0.15, -0.1) is 0 Å². The SMILES string of the molecule is O=[N+]([O-])c1ccc(-c2cc(-c3nc(-c4ccccc4)nc(-c4ccccc4)n3)ccc2-n2c3ccccc3c3c4c5ccccc5n(-c5ccccc5)c4ccc32)cc1. The van der Waals surface area contributed by atoms with Crippen molar-refractivity contribution in [2.45, 2.75) is 0 Å². The van der Waals surface area contributed by atoms with E-state index in [1.807, 2.05) is 78.9 Å². The number of rotatable bonds is 7. The van der Waals surface area contributed by atoms with Crippen molar-refractivity contribution < 1.29 is 4.92 Å². The van der Waals surface area contributed by atoms with E-state index in [0.29, 0.717) is 17.5 Å². The Kier molecular flexibility index (Phi) is 7.94. The first-order valence-electron chi connectivity index (χ1n) is 19.4. The minimum Gasteiger partial charge on any atom is -0.309 e. The highest BCUT2D eigenvalue weighted by molar-refractivity contribution is 6.29. The molecule has 0 saturated heterocycles. The van der Waals surface area contributed by atoms with Crippen molar-refractivity contribution in [3.63, 3.8) is 0 Å². The second kappa shape index (κ2) is 13.8. The van der Waals surface area contributed by atoms with E-state index in [0.717, 1.165) is 72.0 Å². The molecule has 278 valence electrons. The summed E-state index contributed by atoms with van der Waals surface area (Å²) in [6.07, 6.45) is 0. The number of hydrogen-bond donors (Lipinski definition) is 0. The molecule has 0 aliphatic heterocycles. The van der Waals surface area contributed by atoms with Crippen LogP contribution in [0.5, 0.6) is 0 Å². The predicted molar refractivity (Wildman–Crippen MR) is 237 cm³/mol. The average molecular weight is 761 g/mol. The normalized spacial score (nSPS) is 11.5. The Morgan fingerprint density at radius 3 is 1.42 bits per heavy atom. The van der Waals surface area contributed by atoms with Crippen LogP contribution in [0.4, 0.5) is 5.69 Å². The number of aromatic nitrogens is 5. The third kappa shape index (κ3) is 5.65. The van der Waals surface area contributed by atoms with Crippen LogP contribution >= 0.6 is 0 Å². The van der Waals surface area contributed by atoms with Crippen LogP contribution in [0.15, 0.2) is 194 Å². The van der Waals surface area contributed by atoms with Gasteiger partial charge < -0.3 is 9.13 Å². The molecule has 0 saturated carbocycles. The van der Waals surface area contributed by atoms with Crippen molar-refractivity contribution in [2.24, 2.45) is 0 Å². The molecule has 0 atom stereocenters. The number of nitro benzene ring substituents is 1. The van der Waals surface area contributed by atoms with Gasteiger partial charge in [-0.2, -0.15) is 0 Å². The molecule has 0 bridgehead atoms. The zero-order valence-electron chi connectivity index (χ0n) is 31.5. The second-order valence-electron chi connectivity index (χ2n) is 14.5. The summed E-state index contributed by atoms with van der Waals surface area (Å²) in [5, 5.41) is 16.4. The smallest absolute Gasteiger partial charge is 0.269 e. The van der Waals surface area contributed by atoms with Crippen LogP contribution in [0, 0.1) is 10.1 Å². The molecular formula is C51H32N6O2. The molecule has 8 heteroatoms. The van der Waals surface area contributed by atoms with Crippen LogP contribution in [0.25, 0.3) is 100 Å². The molecule has 0 radical (unpaired) electrons. The van der Waals surface area contributed by atoms with E-state index in [4.69, 9.17) is 15.0 Å². The number of fused-ring (bicyclic) bond motifs is 7. The fourth-order valence-electron chi connectivity index (χ4n) is 8.43. The Hall–Kier alpha value is -8.23. The molecule has 11 rings (SSSR count). The van der Waals surface area contributed by atoms with Crippen LogP contribution in [0.2, 0.25) is 0 Å². The van der Waals surface area contributed by atoms with E-state index >= 15 is 0 Å². The van der Waals surface area contributed by atoms with Crippen LogP contribution < -0.4 is 0 Å². The lowest BCUT2D eigenvalue weighted by molar-refractivity contribution is -0.384. The van der Waals surface area contributed by atoms with Crippen molar-refractivity contribution in [2.75, 3.05) is 0 Å². The first-order chi connectivity index (χ1) is 29.1. The number of para-hydroxylation sites is 3. The Balaban J connectivity index is 1.19. The van der Waals surface area contributed by atoms with E-state index in [2.05, 4.69) is 112 Å². The molecule has 0 fully saturated rings. The van der Waals surface area contributed by atoms with Gasteiger partial charge in [0.25, 0.3) is 5.69 Å². The van der Waals surface area contributed by atoms with E-state index in [9.17, 15) is 10.1 Å². The van der Waals surface area contributed by atoms with Gasteiger partial charge in [0.15, 0.2) is 17.5 Å². The van der Waals surface area contributed by atoms with E-state index in [-0.39, 0.29) is 10.6 Å². The highest BCUT2D eigenvalue weighted by Crippen LogP contribution is 2.44. The molecule has 3 heterocycles. The minimum absolute atomic E-state index is 0.0259. The summed E-state index contributed by atoms with van der Waals surface area (Å²) in [7, 11) is 0. The quantitative estimate of drug-likeness (QED) is 0.119. The van der Waals surface area contributed by atoms with Crippen LogP contribution in [-0.4, -0.2) is 29.0 Å². The lowest BCUT2D eigenvalue weighted by Crippen LogP contribution is -2.02. The molecule has 0 aliphatic rings. The third-order valence-electron chi connectivity index (χ3n) is 11.1. The van der Waals surface area contributed by atoms with E-state index < -0.39 is 0 Å². The van der Waals surface area contributed by atoms with Gasteiger partial charge in [0, 0.05) is 61.6 Å². The van der Waals surface area contributed by atoms with Crippen molar-refractivity contribution in [1.82, 2.24) is 24.1 Å². The topological polar surface area (TPSA) is 91.7 Å². The number of nitro groups is 1. The summed E-state index contributed by atoms with van der Waals surface area (Å²) in [5.41, 5.74) is 10.6. The summed E-state index contributed by atoms with van der Waals surface area (Å²) in [4.78, 5) is 26.4. The summed E-state index contributed by atoms with van der Waals surface area (Å²) < 4.78 is 4.66. The zero-order valence-corrected chi connectivity index (χ0v) is 31.5. The third-order valence-corrected chi connectivity index (χ3v) is 11.1. The fourth-order valence-corrected chi connectivity index (χ4v) is 8.43. The summed E-state index contributed by atoms with van der Waals surface area (Å²) in [5.74, 6) is 1.65. The maximum atomic E-state index is 11.8. The van der Waals surface area contributed by atoms with E-state index in [1.54, 1.807) is 12.1 Å². The van der Waals surface area contributed by atoms with Crippen molar-refractivity contribution >= 4 is 49.3 Å². The van der Waals surface area contributed by atoms with E-state index in [1.165, 1.54) is 10.8 Å². The number of hydrogen-bond acceptors (Lipinski definition) is 5. The standard InChI is InChI=1S/C51H32N6O2/c58-57(59)38-27-24-33(25-28-38)41-32-36(51-53-49(34-14-4-1-5-15-34)52-50(54-51)35-16-6-2-7-17-35)26-29-44(41)56-43-23-13-11-21-40(43)48-46(56)31-30-45-47(48)39-20-10-12-22-42(39)55(45)37-18-8-3-9-19-37/h1-32H. The highest BCUT2D eigenvalue weighted by atomic mass is 16.6. The number of benzene rings is 8. The average Bonchev–Trinajstić information content (AvgIpc) is 3.82. The number of nitrogens with zero attached hydrogens (tertiary/aromatic N) is 6. The van der Waals surface area contributed by atoms with Gasteiger partial charge in [0.05, 0.1) is 32.7 Å². The molecule has 8 aromatic carbocycles. The van der Waals surface area contributed by atoms with Crippen LogP contribution in [0.3, 0.4) is 0 Å². The lowest BCUT2D eigenvalue weighted by atomic mass is 9.99. The largest absolute Gasteiger partial charge is 0.309 e. The monoisotopic (exact) mass is 760 g/mol. The van der Waals surface area contributed by atoms with Gasteiger partial charge in [0.2, 0.25) is 0 Å². The maximum Gasteiger partial charge on any atom is 0.269 e. The first kappa shape index (κ1) is 34.1. The summed E-state index contributed by atoms with van der Waals surface area (Å²) >= 11 is 0. The molecule has 3 aromatic heterocycles. The molecular weight excluding hydrogens is 729 g/mol. The molecule has 0 aliphatic carbocycles. The molecule has 0 N–H and O–H groups in total. The Bertz CT molecular complexity index is 3340. The molecule has 0 spiro atoms. The summed E-state index contributed by atoms with van der Waals surface area (Å²) in [6.45, 7) is 0. The van der Waals surface area contributed by atoms with Crippen molar-refractivity contribution in [3.8, 4) is 56.7 Å². The van der Waals surface area contributed by atoms with Crippen molar-refractivity contribution in [3.05, 3.63) is 204 Å². The van der Waals surface area contributed by atoms with Gasteiger partial charge in [-0.25, -0.2) is 15.0 Å². The predicted octanol–water partition coefficient (Wildman–Crippen LogP) is 12.6. The molecule has 0 unspecified atom stereocenters. The Morgan fingerprint density at radius 2 is 0.864 bits per heavy atom. The molecule has 59 heavy (non-hydrogen) atoms. The van der Waals surface area contributed by atoms with Gasteiger partial charge in [-0.3, -0.25) is 10.1 Å². The van der Waals surface area contributed by atoms with Gasteiger partial charge in [-0.05, 0) is 72.3 Å².